The number of unbranched alkanes of at least 4 members (excludes halogenated alkanes) is 1. The van der Waals surface area contributed by atoms with E-state index in [1.807, 2.05) is 43.3 Å². The summed E-state index contributed by atoms with van der Waals surface area (Å²) in [6.07, 6.45) is 5.78. The van der Waals surface area contributed by atoms with Crippen LogP contribution in [0.25, 0.3) is 10.4 Å². The Morgan fingerprint density at radius 3 is 2.55 bits per heavy atom. The third-order valence-electron chi connectivity index (χ3n) is 4.93. The molecule has 0 bridgehead atoms. The Bertz CT molecular complexity index is 711. The molecule has 5 heteroatoms. The number of nitrogens with one attached hydrogen (secondary N) is 1. The summed E-state index contributed by atoms with van der Waals surface area (Å²) in [5.41, 5.74) is 1.10. The van der Waals surface area contributed by atoms with Crippen molar-refractivity contribution in [2.24, 2.45) is 5.92 Å². The molecule has 0 fully saturated rings. The molecule has 29 heavy (non-hydrogen) atoms. The molecular weight excluding hydrogens is 382 g/mol. The van der Waals surface area contributed by atoms with E-state index < -0.39 is 0 Å². The van der Waals surface area contributed by atoms with Crippen molar-refractivity contribution >= 4 is 17.2 Å². The van der Waals surface area contributed by atoms with Gasteiger partial charge < -0.3 is 14.8 Å². The second kappa shape index (κ2) is 13.4. The molecule has 0 spiro atoms. The van der Waals surface area contributed by atoms with Gasteiger partial charge in [0.2, 0.25) is 0 Å². The molecule has 0 saturated carbocycles. The average Bonchev–Trinajstić information content (AvgIpc) is 3.24. The standard InChI is InChI=1S/C24H35NO3S/c1-4-7-9-19(5-2)18-27-17-8-16-25-24(26)23-15-14-22(29-23)20-10-12-21(13-11-20)28-6-3/h10-15,19H,4-9,16-18H2,1-3H3,(H,25,26). The molecule has 1 aromatic heterocycles. The SMILES string of the molecule is CCCCC(CC)COCCCNC(=O)c1ccc(-c2ccc(OCC)cc2)s1. The van der Waals surface area contributed by atoms with E-state index >= 15 is 0 Å². The van der Waals surface area contributed by atoms with Crippen molar-refractivity contribution in [3.8, 4) is 16.2 Å². The summed E-state index contributed by atoms with van der Waals surface area (Å²) < 4.78 is 11.3. The Balaban J connectivity index is 1.69. The van der Waals surface area contributed by atoms with Gasteiger partial charge in [-0.25, -0.2) is 0 Å². The van der Waals surface area contributed by atoms with Crippen molar-refractivity contribution in [2.75, 3.05) is 26.4 Å². The van der Waals surface area contributed by atoms with Gasteiger partial charge in [-0.3, -0.25) is 4.79 Å². The van der Waals surface area contributed by atoms with Crippen molar-refractivity contribution < 1.29 is 14.3 Å². The van der Waals surface area contributed by atoms with Crippen LogP contribution in [0.3, 0.4) is 0 Å². The zero-order valence-corrected chi connectivity index (χ0v) is 18.9. The molecule has 1 unspecified atom stereocenters. The summed E-state index contributed by atoms with van der Waals surface area (Å²) in [4.78, 5) is 14.2. The average molecular weight is 418 g/mol. The number of carbonyl (C=O) groups is 1. The van der Waals surface area contributed by atoms with Crippen molar-refractivity contribution in [2.45, 2.75) is 52.9 Å². The molecule has 0 aliphatic heterocycles. The van der Waals surface area contributed by atoms with Gasteiger partial charge in [-0.05, 0) is 67.6 Å². The Labute approximate surface area is 179 Å². The number of hydrogen-bond acceptors (Lipinski definition) is 4. The van der Waals surface area contributed by atoms with Gasteiger partial charge in [0.25, 0.3) is 5.91 Å². The van der Waals surface area contributed by atoms with Crippen molar-refractivity contribution in [3.05, 3.63) is 41.3 Å². The van der Waals surface area contributed by atoms with Crippen LogP contribution in [-0.4, -0.2) is 32.3 Å². The zero-order chi connectivity index (χ0) is 20.9. The molecule has 2 aromatic rings. The van der Waals surface area contributed by atoms with Crippen LogP contribution in [0.4, 0.5) is 0 Å². The van der Waals surface area contributed by atoms with Crippen LogP contribution in [-0.2, 0) is 4.74 Å². The maximum absolute atomic E-state index is 12.4. The van der Waals surface area contributed by atoms with Crippen LogP contribution in [0.2, 0.25) is 0 Å². The minimum absolute atomic E-state index is 0.0124. The lowest BCUT2D eigenvalue weighted by Crippen LogP contribution is -2.24. The van der Waals surface area contributed by atoms with Gasteiger partial charge in [-0.2, -0.15) is 0 Å². The van der Waals surface area contributed by atoms with Gasteiger partial charge in [0.05, 0.1) is 11.5 Å². The topological polar surface area (TPSA) is 47.6 Å². The summed E-state index contributed by atoms with van der Waals surface area (Å²) in [6.45, 7) is 9.26. The lowest BCUT2D eigenvalue weighted by Gasteiger charge is -2.14. The maximum Gasteiger partial charge on any atom is 0.261 e. The first kappa shape index (κ1) is 23.4. The van der Waals surface area contributed by atoms with E-state index in [9.17, 15) is 4.79 Å². The first-order chi connectivity index (χ1) is 14.2. The Hall–Kier alpha value is -1.85. The normalized spacial score (nSPS) is 12.0. The van der Waals surface area contributed by atoms with Gasteiger partial charge in [-0.15, -0.1) is 11.3 Å². The predicted molar refractivity (Wildman–Crippen MR) is 122 cm³/mol. The second-order valence-electron chi connectivity index (χ2n) is 7.22. The number of rotatable bonds is 14. The van der Waals surface area contributed by atoms with E-state index in [0.717, 1.165) is 34.1 Å². The van der Waals surface area contributed by atoms with Crippen molar-refractivity contribution in [1.29, 1.82) is 0 Å². The summed E-state index contributed by atoms with van der Waals surface area (Å²) >= 11 is 1.51. The quantitative estimate of drug-likeness (QED) is 0.374. The number of benzene rings is 1. The minimum atomic E-state index is -0.0124. The number of hydrogen-bond donors (Lipinski definition) is 1. The van der Waals surface area contributed by atoms with Crippen LogP contribution in [0.1, 0.15) is 62.5 Å². The molecule has 160 valence electrons. The Kier molecular flexibility index (Phi) is 10.8. The second-order valence-corrected chi connectivity index (χ2v) is 8.31. The molecule has 2 rings (SSSR count). The largest absolute Gasteiger partial charge is 0.494 e. The van der Waals surface area contributed by atoms with Gasteiger partial charge in [0, 0.05) is 24.6 Å². The van der Waals surface area contributed by atoms with E-state index in [4.69, 9.17) is 9.47 Å². The van der Waals surface area contributed by atoms with Gasteiger partial charge in [0.15, 0.2) is 0 Å². The monoisotopic (exact) mass is 417 g/mol. The first-order valence-corrected chi connectivity index (χ1v) is 11.7. The maximum atomic E-state index is 12.4. The van der Waals surface area contributed by atoms with Crippen molar-refractivity contribution in [1.82, 2.24) is 5.32 Å². The number of carbonyl (C=O) groups excluding carboxylic acids is 1. The molecule has 0 aliphatic carbocycles. The molecule has 1 amide bonds. The molecule has 0 radical (unpaired) electrons. The molecule has 1 N–H and O–H groups in total. The zero-order valence-electron chi connectivity index (χ0n) is 18.0. The van der Waals surface area contributed by atoms with E-state index in [2.05, 4.69) is 19.2 Å². The summed E-state index contributed by atoms with van der Waals surface area (Å²) in [5, 5.41) is 3.00. The van der Waals surface area contributed by atoms with E-state index in [-0.39, 0.29) is 5.91 Å². The Morgan fingerprint density at radius 1 is 1.07 bits per heavy atom. The minimum Gasteiger partial charge on any atom is -0.494 e. The van der Waals surface area contributed by atoms with Gasteiger partial charge in [-0.1, -0.05) is 33.1 Å². The van der Waals surface area contributed by atoms with Crippen LogP contribution in [0.5, 0.6) is 5.75 Å². The Morgan fingerprint density at radius 2 is 1.86 bits per heavy atom. The third kappa shape index (κ3) is 8.19. The number of thiophene rings is 1. The molecular formula is C24H35NO3S. The van der Waals surface area contributed by atoms with E-state index in [1.54, 1.807) is 0 Å². The van der Waals surface area contributed by atoms with Crippen molar-refractivity contribution in [3.63, 3.8) is 0 Å². The molecule has 1 aromatic carbocycles. The van der Waals surface area contributed by atoms with E-state index in [1.165, 1.54) is 37.0 Å². The van der Waals surface area contributed by atoms with Crippen LogP contribution < -0.4 is 10.1 Å². The summed E-state index contributed by atoms with van der Waals surface area (Å²) in [5.74, 6) is 1.52. The lowest BCUT2D eigenvalue weighted by molar-refractivity contribution is 0.0877. The van der Waals surface area contributed by atoms with Gasteiger partial charge >= 0.3 is 0 Å². The van der Waals surface area contributed by atoms with E-state index in [0.29, 0.717) is 25.7 Å². The third-order valence-corrected chi connectivity index (χ3v) is 6.06. The smallest absolute Gasteiger partial charge is 0.261 e. The van der Waals surface area contributed by atoms with Gasteiger partial charge in [0.1, 0.15) is 5.75 Å². The highest BCUT2D eigenvalue weighted by molar-refractivity contribution is 7.17. The summed E-state index contributed by atoms with van der Waals surface area (Å²) in [6, 6.07) is 11.9. The van der Waals surface area contributed by atoms with Crippen LogP contribution in [0, 0.1) is 5.92 Å². The highest BCUT2D eigenvalue weighted by atomic mass is 32.1. The molecule has 1 atom stereocenters. The fraction of sp³-hybridized carbons (Fsp3) is 0.542. The lowest BCUT2D eigenvalue weighted by atomic mass is 10.0. The fourth-order valence-corrected chi connectivity index (χ4v) is 4.04. The molecule has 0 saturated heterocycles. The molecule has 0 aliphatic rings. The van der Waals surface area contributed by atoms with Crippen LogP contribution in [0.15, 0.2) is 36.4 Å². The summed E-state index contributed by atoms with van der Waals surface area (Å²) in [7, 11) is 0. The molecule has 1 heterocycles. The number of ether oxygens (including phenoxy) is 2. The number of amides is 1. The highest BCUT2D eigenvalue weighted by Gasteiger charge is 2.10. The van der Waals surface area contributed by atoms with Crippen LogP contribution >= 0.6 is 11.3 Å². The predicted octanol–water partition coefficient (Wildman–Crippen LogP) is 6.17. The first-order valence-electron chi connectivity index (χ1n) is 10.9. The fourth-order valence-electron chi connectivity index (χ4n) is 3.11. The molecule has 4 nitrogen and oxygen atoms in total. The highest BCUT2D eigenvalue weighted by Crippen LogP contribution is 2.29.